The average molecular weight is 424 g/mol. The van der Waals surface area contributed by atoms with Crippen molar-refractivity contribution in [1.82, 2.24) is 9.55 Å². The van der Waals surface area contributed by atoms with Gasteiger partial charge in [-0.15, -0.1) is 0 Å². The number of anilines is 1. The summed E-state index contributed by atoms with van der Waals surface area (Å²) in [5.74, 6) is 0.247. The second-order valence-electron chi connectivity index (χ2n) is 9.85. The molecule has 0 saturated carbocycles. The molecule has 9 heteroatoms. The summed E-state index contributed by atoms with van der Waals surface area (Å²) in [6.45, 7) is 16.0. The number of nitrogens with zero attached hydrogens (tertiary/aromatic N) is 2. The number of hydrogen-bond acceptors (Lipinski definition) is 7. The maximum absolute atomic E-state index is 12.4. The SMILES string of the molecule is CC(C)(C)C(=O)OCC1=C[C@@H](O[Si](C)(C)C(C)(C)C)[C@H](n2ccc(N)nc2=O)O1. The van der Waals surface area contributed by atoms with Crippen LogP contribution in [0.5, 0.6) is 0 Å². The number of esters is 1. The third kappa shape index (κ3) is 5.48. The molecule has 0 spiro atoms. The summed E-state index contributed by atoms with van der Waals surface area (Å²) in [7, 11) is -2.17. The van der Waals surface area contributed by atoms with Gasteiger partial charge >= 0.3 is 11.7 Å². The summed E-state index contributed by atoms with van der Waals surface area (Å²) in [5.41, 5.74) is 4.46. The van der Waals surface area contributed by atoms with Crippen LogP contribution >= 0.6 is 0 Å². The molecule has 8 nitrogen and oxygen atoms in total. The Morgan fingerprint density at radius 2 is 1.90 bits per heavy atom. The van der Waals surface area contributed by atoms with E-state index < -0.39 is 31.8 Å². The number of carbonyl (C=O) groups is 1. The molecule has 0 radical (unpaired) electrons. The van der Waals surface area contributed by atoms with E-state index in [-0.39, 0.29) is 23.4 Å². The molecule has 1 aromatic heterocycles. The van der Waals surface area contributed by atoms with Crippen molar-refractivity contribution in [3.63, 3.8) is 0 Å². The molecule has 1 aliphatic rings. The molecule has 0 saturated heterocycles. The van der Waals surface area contributed by atoms with Gasteiger partial charge in [0.15, 0.2) is 8.32 Å². The van der Waals surface area contributed by atoms with Gasteiger partial charge in [0.2, 0.25) is 6.23 Å². The van der Waals surface area contributed by atoms with Gasteiger partial charge in [-0.1, -0.05) is 20.8 Å². The Kier molecular flexibility index (Phi) is 6.34. The quantitative estimate of drug-likeness (QED) is 0.572. The predicted molar refractivity (Wildman–Crippen MR) is 114 cm³/mol. The van der Waals surface area contributed by atoms with Crippen LogP contribution in [0.3, 0.4) is 0 Å². The van der Waals surface area contributed by atoms with E-state index >= 15 is 0 Å². The molecule has 2 heterocycles. The summed E-state index contributed by atoms with van der Waals surface area (Å²) in [6.07, 6.45) is 2.06. The number of rotatable bonds is 5. The van der Waals surface area contributed by atoms with Gasteiger partial charge in [0.05, 0.1) is 5.41 Å². The molecule has 0 aromatic carbocycles. The molecule has 2 rings (SSSR count). The fourth-order valence-corrected chi connectivity index (χ4v) is 3.62. The molecule has 162 valence electrons. The van der Waals surface area contributed by atoms with E-state index in [0.29, 0.717) is 5.76 Å². The van der Waals surface area contributed by atoms with Crippen molar-refractivity contribution in [2.75, 3.05) is 12.3 Å². The Bertz CT molecular complexity index is 849. The molecule has 1 aliphatic heterocycles. The zero-order chi connectivity index (χ0) is 22.2. The van der Waals surface area contributed by atoms with Gasteiger partial charge in [-0.25, -0.2) is 4.79 Å². The Balaban J connectivity index is 2.30. The van der Waals surface area contributed by atoms with Crippen LogP contribution in [0.4, 0.5) is 5.82 Å². The van der Waals surface area contributed by atoms with Crippen molar-refractivity contribution in [1.29, 1.82) is 0 Å². The smallest absolute Gasteiger partial charge is 0.352 e. The van der Waals surface area contributed by atoms with Gasteiger partial charge in [-0.3, -0.25) is 9.36 Å². The molecule has 2 N–H and O–H groups in total. The number of carbonyl (C=O) groups excluding carboxylic acids is 1. The van der Waals surface area contributed by atoms with Gasteiger partial charge < -0.3 is 19.6 Å². The lowest BCUT2D eigenvalue weighted by Gasteiger charge is -2.39. The molecule has 0 bridgehead atoms. The number of aromatic nitrogens is 2. The highest BCUT2D eigenvalue weighted by Gasteiger charge is 2.43. The lowest BCUT2D eigenvalue weighted by atomic mass is 9.97. The van der Waals surface area contributed by atoms with E-state index in [1.807, 2.05) is 0 Å². The molecule has 0 aliphatic carbocycles. The van der Waals surface area contributed by atoms with Crippen molar-refractivity contribution < 1.29 is 18.7 Å². The fraction of sp³-hybridized carbons (Fsp3) is 0.650. The van der Waals surface area contributed by atoms with Crippen LogP contribution in [0.25, 0.3) is 0 Å². The Morgan fingerprint density at radius 1 is 1.28 bits per heavy atom. The first kappa shape index (κ1) is 23.1. The van der Waals surface area contributed by atoms with Crippen LogP contribution in [-0.4, -0.2) is 36.5 Å². The molecular formula is C20H33N3O5Si. The highest BCUT2D eigenvalue weighted by Crippen LogP contribution is 2.40. The minimum absolute atomic E-state index is 0.0267. The van der Waals surface area contributed by atoms with Crippen LogP contribution in [0.15, 0.2) is 28.9 Å². The maximum atomic E-state index is 12.4. The lowest BCUT2D eigenvalue weighted by Crippen LogP contribution is -2.46. The Morgan fingerprint density at radius 3 is 2.41 bits per heavy atom. The van der Waals surface area contributed by atoms with Crippen LogP contribution in [-0.2, 0) is 18.7 Å². The van der Waals surface area contributed by atoms with Gasteiger partial charge in [0.25, 0.3) is 0 Å². The second kappa shape index (κ2) is 7.95. The average Bonchev–Trinajstić information content (AvgIpc) is 2.92. The highest BCUT2D eigenvalue weighted by molar-refractivity contribution is 6.74. The molecule has 0 unspecified atom stereocenters. The van der Waals surface area contributed by atoms with Crippen molar-refractivity contribution in [3.05, 3.63) is 34.6 Å². The third-order valence-electron chi connectivity index (χ3n) is 5.22. The van der Waals surface area contributed by atoms with Crippen LogP contribution < -0.4 is 11.4 Å². The van der Waals surface area contributed by atoms with E-state index in [2.05, 4.69) is 38.8 Å². The molecule has 0 amide bonds. The van der Waals surface area contributed by atoms with Crippen molar-refractivity contribution in [3.8, 4) is 0 Å². The summed E-state index contributed by atoms with van der Waals surface area (Å²) >= 11 is 0. The van der Waals surface area contributed by atoms with E-state index in [0.717, 1.165) is 0 Å². The van der Waals surface area contributed by atoms with Crippen molar-refractivity contribution in [2.24, 2.45) is 5.41 Å². The summed E-state index contributed by atoms with van der Waals surface area (Å²) < 4.78 is 19.2. The van der Waals surface area contributed by atoms with Gasteiger partial charge in [-0.2, -0.15) is 4.98 Å². The predicted octanol–water partition coefficient (Wildman–Crippen LogP) is 3.22. The first-order valence-electron chi connectivity index (χ1n) is 9.69. The lowest BCUT2D eigenvalue weighted by molar-refractivity contribution is -0.153. The zero-order valence-electron chi connectivity index (χ0n) is 18.6. The summed E-state index contributed by atoms with van der Waals surface area (Å²) in [4.78, 5) is 28.3. The number of nitrogen functional groups attached to an aromatic ring is 1. The molecule has 0 fully saturated rings. The van der Waals surface area contributed by atoms with E-state index in [4.69, 9.17) is 19.6 Å². The Hall–Kier alpha value is -2.13. The molecular weight excluding hydrogens is 390 g/mol. The largest absolute Gasteiger partial charge is 0.468 e. The fourth-order valence-electron chi connectivity index (χ4n) is 2.41. The minimum Gasteiger partial charge on any atom is -0.468 e. The molecule has 29 heavy (non-hydrogen) atoms. The van der Waals surface area contributed by atoms with Crippen molar-refractivity contribution >= 4 is 20.1 Å². The third-order valence-corrected chi connectivity index (χ3v) is 9.70. The van der Waals surface area contributed by atoms with Crippen molar-refractivity contribution in [2.45, 2.75) is 72.0 Å². The van der Waals surface area contributed by atoms with Gasteiger partial charge in [-0.05, 0) is 51.0 Å². The summed E-state index contributed by atoms with van der Waals surface area (Å²) in [6, 6.07) is 1.53. The van der Waals surface area contributed by atoms with Crippen LogP contribution in [0, 0.1) is 5.41 Å². The maximum Gasteiger partial charge on any atom is 0.352 e. The van der Waals surface area contributed by atoms with E-state index in [1.165, 1.54) is 16.8 Å². The standard InChI is InChI=1S/C20H33N3O5Si/c1-19(2,3)17(24)26-12-13-11-14(28-29(7,8)20(4,5)6)16(27-13)23-10-9-15(21)22-18(23)25/h9-11,14,16H,12H2,1-8H3,(H2,21,22,25)/t14-,16-/m1/s1. The minimum atomic E-state index is -2.17. The highest BCUT2D eigenvalue weighted by atomic mass is 28.4. The van der Waals surface area contributed by atoms with Crippen LogP contribution in [0.1, 0.15) is 47.8 Å². The summed E-state index contributed by atoms with van der Waals surface area (Å²) in [5, 5.41) is -0.0306. The second-order valence-corrected chi connectivity index (χ2v) is 14.6. The van der Waals surface area contributed by atoms with E-state index in [1.54, 1.807) is 26.8 Å². The molecule has 2 atom stereocenters. The van der Waals surface area contributed by atoms with Gasteiger partial charge in [0.1, 0.15) is 24.3 Å². The monoisotopic (exact) mass is 423 g/mol. The van der Waals surface area contributed by atoms with Crippen LogP contribution in [0.2, 0.25) is 18.1 Å². The first-order valence-corrected chi connectivity index (χ1v) is 12.6. The molecule has 1 aromatic rings. The number of ether oxygens (including phenoxy) is 2. The van der Waals surface area contributed by atoms with Gasteiger partial charge in [0, 0.05) is 6.20 Å². The van der Waals surface area contributed by atoms with E-state index in [9.17, 15) is 9.59 Å². The zero-order valence-corrected chi connectivity index (χ0v) is 19.6. The Labute approximate surface area is 173 Å². The topological polar surface area (TPSA) is 106 Å². The normalized spacial score (nSPS) is 20.2. The first-order chi connectivity index (χ1) is 13.1. The number of hydrogen-bond donors (Lipinski definition) is 1. The number of nitrogens with two attached hydrogens (primary N) is 1.